The van der Waals surface area contributed by atoms with E-state index in [1.807, 2.05) is 78.9 Å². The predicted molar refractivity (Wildman–Crippen MR) is 157 cm³/mol. The first-order chi connectivity index (χ1) is 19.6. The number of anilines is 1. The van der Waals surface area contributed by atoms with Crippen LogP contribution >= 0.6 is 11.8 Å². The van der Waals surface area contributed by atoms with Crippen LogP contribution in [0.1, 0.15) is 12.0 Å². The van der Waals surface area contributed by atoms with E-state index in [1.54, 1.807) is 31.4 Å². The Morgan fingerprint density at radius 1 is 0.900 bits per heavy atom. The van der Waals surface area contributed by atoms with E-state index in [4.69, 9.17) is 9.72 Å². The second kappa shape index (κ2) is 10.7. The first-order valence-corrected chi connectivity index (χ1v) is 13.6. The normalized spacial score (nSPS) is 14.9. The van der Waals surface area contributed by atoms with E-state index < -0.39 is 5.25 Å². The second-order valence-electron chi connectivity index (χ2n) is 9.32. The van der Waals surface area contributed by atoms with Crippen molar-refractivity contribution >= 4 is 40.0 Å². The van der Waals surface area contributed by atoms with Gasteiger partial charge in [-0.15, -0.1) is 0 Å². The summed E-state index contributed by atoms with van der Waals surface area (Å²) in [5.74, 6) is 0.0117. The summed E-state index contributed by atoms with van der Waals surface area (Å²) >= 11 is 1.17. The Morgan fingerprint density at radius 3 is 2.38 bits per heavy atom. The van der Waals surface area contributed by atoms with E-state index in [1.165, 1.54) is 16.7 Å². The number of amides is 2. The number of rotatable bonds is 6. The number of fused-ring (bicyclic) bond motifs is 1. The van der Waals surface area contributed by atoms with Gasteiger partial charge in [0.15, 0.2) is 0 Å². The molecule has 1 atom stereocenters. The number of hydrogen-bond acceptors (Lipinski definition) is 6. The number of thioether (sulfide) groups is 1. The van der Waals surface area contributed by atoms with Crippen molar-refractivity contribution < 1.29 is 14.3 Å². The summed E-state index contributed by atoms with van der Waals surface area (Å²) in [6, 6.07) is 34.9. The van der Waals surface area contributed by atoms with E-state index in [0.717, 1.165) is 27.5 Å². The number of pyridine rings is 1. The number of carbonyl (C=O) groups is 2. The lowest BCUT2D eigenvalue weighted by Crippen LogP contribution is -2.31. The molecule has 0 aliphatic carbocycles. The molecule has 40 heavy (non-hydrogen) atoms. The Balaban J connectivity index is 1.45. The molecule has 0 N–H and O–H groups in total. The fraction of sp³-hybridized carbons (Fsp3) is 0.0909. The molecule has 0 saturated carbocycles. The Kier molecular flexibility index (Phi) is 6.77. The van der Waals surface area contributed by atoms with Crippen molar-refractivity contribution in [2.24, 2.45) is 0 Å². The van der Waals surface area contributed by atoms with Gasteiger partial charge in [-0.25, -0.2) is 9.88 Å². The number of nitrogens with zero attached hydrogens (tertiary/aromatic N) is 3. The molecule has 0 spiro atoms. The molecule has 1 aliphatic rings. The number of ether oxygens (including phenoxy) is 1. The topological polar surface area (TPSA) is 83.3 Å². The molecule has 1 aliphatic heterocycles. The zero-order chi connectivity index (χ0) is 27.6. The molecular formula is C33H23N3O3S. The summed E-state index contributed by atoms with van der Waals surface area (Å²) in [6.07, 6.45) is 0.0151. The molecule has 6 rings (SSSR count). The van der Waals surface area contributed by atoms with Crippen LogP contribution in [0.25, 0.3) is 33.2 Å². The maximum atomic E-state index is 13.5. The van der Waals surface area contributed by atoms with Gasteiger partial charge >= 0.3 is 0 Å². The number of imide groups is 1. The highest BCUT2D eigenvalue weighted by atomic mass is 32.2. The van der Waals surface area contributed by atoms with Crippen LogP contribution in [0.15, 0.2) is 108 Å². The molecule has 0 radical (unpaired) electrons. The van der Waals surface area contributed by atoms with Crippen LogP contribution in [0.3, 0.4) is 0 Å². The van der Waals surface area contributed by atoms with Crippen molar-refractivity contribution in [3.05, 3.63) is 109 Å². The van der Waals surface area contributed by atoms with Crippen molar-refractivity contribution in [1.29, 1.82) is 5.26 Å². The molecule has 1 saturated heterocycles. The maximum absolute atomic E-state index is 13.5. The number of carbonyl (C=O) groups excluding carboxylic acids is 2. The lowest BCUT2D eigenvalue weighted by Gasteiger charge is -2.17. The highest BCUT2D eigenvalue weighted by Crippen LogP contribution is 2.40. The molecule has 5 aromatic rings. The molecule has 2 amide bonds. The second-order valence-corrected chi connectivity index (χ2v) is 10.5. The van der Waals surface area contributed by atoms with E-state index in [0.29, 0.717) is 27.7 Å². The molecule has 0 bridgehead atoms. The standard InChI is InChI=1S/C33H23N3O3S/c1-39-24-16-14-23(15-17-24)36-31(37)19-30(33(36)38)40-32-28(20-34)27(22-8-3-2-4-9-22)18-29(35-32)26-13-7-11-21-10-5-6-12-25(21)26/h2-18,30H,19H2,1H3/t30-/m0/s1. The third-order valence-corrected chi connectivity index (χ3v) is 8.11. The van der Waals surface area contributed by atoms with Crippen molar-refractivity contribution in [3.63, 3.8) is 0 Å². The minimum absolute atomic E-state index is 0.0151. The zero-order valence-corrected chi connectivity index (χ0v) is 22.4. The zero-order valence-electron chi connectivity index (χ0n) is 21.6. The molecule has 6 nitrogen and oxygen atoms in total. The summed E-state index contributed by atoms with van der Waals surface area (Å²) in [7, 11) is 1.56. The van der Waals surface area contributed by atoms with Crippen LogP contribution in [0, 0.1) is 11.3 Å². The third kappa shape index (κ3) is 4.59. The monoisotopic (exact) mass is 541 g/mol. The fourth-order valence-corrected chi connectivity index (χ4v) is 6.11. The molecule has 1 aromatic heterocycles. The van der Waals surface area contributed by atoms with Gasteiger partial charge in [-0.2, -0.15) is 5.26 Å². The average Bonchev–Trinajstić information content (AvgIpc) is 3.28. The predicted octanol–water partition coefficient (Wildman–Crippen LogP) is 6.87. The Hall–Kier alpha value is -4.93. The average molecular weight is 542 g/mol. The number of methoxy groups -OCH3 is 1. The summed E-state index contributed by atoms with van der Waals surface area (Å²) in [5.41, 5.74) is 4.09. The van der Waals surface area contributed by atoms with Gasteiger partial charge < -0.3 is 4.74 Å². The van der Waals surface area contributed by atoms with Crippen LogP contribution in [0.5, 0.6) is 5.75 Å². The van der Waals surface area contributed by atoms with Gasteiger partial charge in [-0.05, 0) is 46.7 Å². The largest absolute Gasteiger partial charge is 0.497 e. The Bertz CT molecular complexity index is 1790. The van der Waals surface area contributed by atoms with Gasteiger partial charge in [-0.1, -0.05) is 84.6 Å². The summed E-state index contributed by atoms with van der Waals surface area (Å²) in [6.45, 7) is 0. The van der Waals surface area contributed by atoms with Crippen molar-refractivity contribution in [2.45, 2.75) is 16.7 Å². The molecular weight excluding hydrogens is 518 g/mol. The smallest absolute Gasteiger partial charge is 0.247 e. The van der Waals surface area contributed by atoms with Gasteiger partial charge in [0, 0.05) is 17.5 Å². The van der Waals surface area contributed by atoms with Crippen LogP contribution in [-0.4, -0.2) is 29.2 Å². The summed E-state index contributed by atoms with van der Waals surface area (Å²) in [4.78, 5) is 32.6. The fourth-order valence-electron chi connectivity index (χ4n) is 4.98. The highest BCUT2D eigenvalue weighted by Gasteiger charge is 2.41. The molecule has 2 heterocycles. The van der Waals surface area contributed by atoms with Crippen molar-refractivity contribution in [2.75, 3.05) is 12.0 Å². The third-order valence-electron chi connectivity index (χ3n) is 6.94. The van der Waals surface area contributed by atoms with E-state index in [-0.39, 0.29) is 18.2 Å². The lowest BCUT2D eigenvalue weighted by atomic mass is 9.97. The number of aromatic nitrogens is 1. The van der Waals surface area contributed by atoms with Crippen LogP contribution in [0.4, 0.5) is 5.69 Å². The molecule has 0 unspecified atom stereocenters. The minimum Gasteiger partial charge on any atom is -0.497 e. The molecule has 1 fully saturated rings. The van der Waals surface area contributed by atoms with E-state index in [9.17, 15) is 14.9 Å². The lowest BCUT2D eigenvalue weighted by molar-refractivity contribution is -0.121. The molecule has 7 heteroatoms. The van der Waals surface area contributed by atoms with Gasteiger partial charge in [-0.3, -0.25) is 9.59 Å². The minimum atomic E-state index is -0.708. The highest BCUT2D eigenvalue weighted by molar-refractivity contribution is 8.00. The Morgan fingerprint density at radius 2 is 1.62 bits per heavy atom. The number of nitriles is 1. The van der Waals surface area contributed by atoms with E-state index >= 15 is 0 Å². The molecule has 194 valence electrons. The van der Waals surface area contributed by atoms with Crippen molar-refractivity contribution in [3.8, 4) is 34.2 Å². The summed E-state index contributed by atoms with van der Waals surface area (Å²) in [5, 5.41) is 12.1. The van der Waals surface area contributed by atoms with Gasteiger partial charge in [0.05, 0.1) is 29.3 Å². The van der Waals surface area contributed by atoms with Gasteiger partial charge in [0.1, 0.15) is 16.8 Å². The van der Waals surface area contributed by atoms with Crippen molar-refractivity contribution in [1.82, 2.24) is 4.98 Å². The first kappa shape index (κ1) is 25.4. The quantitative estimate of drug-likeness (QED) is 0.218. The molecule has 4 aromatic carbocycles. The van der Waals surface area contributed by atoms with Gasteiger partial charge in [0.25, 0.3) is 0 Å². The first-order valence-electron chi connectivity index (χ1n) is 12.7. The van der Waals surface area contributed by atoms with Gasteiger partial charge in [0.2, 0.25) is 11.8 Å². The van der Waals surface area contributed by atoms with Crippen LogP contribution in [0.2, 0.25) is 0 Å². The summed E-state index contributed by atoms with van der Waals surface area (Å²) < 4.78 is 5.20. The number of benzene rings is 4. The SMILES string of the molecule is COc1ccc(N2C(=O)C[C@H](Sc3nc(-c4cccc5ccccc45)cc(-c4ccccc4)c3C#N)C2=O)cc1. The maximum Gasteiger partial charge on any atom is 0.247 e. The van der Waals surface area contributed by atoms with E-state index in [2.05, 4.69) is 6.07 Å². The Labute approximate surface area is 235 Å². The van der Waals surface area contributed by atoms with Crippen LogP contribution < -0.4 is 9.64 Å². The number of hydrogen-bond donors (Lipinski definition) is 0. The van der Waals surface area contributed by atoms with Crippen LogP contribution in [-0.2, 0) is 9.59 Å².